The second-order valence-corrected chi connectivity index (χ2v) is 4.82. The lowest BCUT2D eigenvalue weighted by Crippen LogP contribution is -2.26. The van der Waals surface area contributed by atoms with E-state index in [1.165, 1.54) is 18.4 Å². The molecule has 4 heteroatoms. The molecule has 2 heterocycles. The molecule has 1 aromatic heterocycles. The number of hydrogen-bond acceptors (Lipinski definition) is 4. The first-order chi connectivity index (χ1) is 8.83. The van der Waals surface area contributed by atoms with Gasteiger partial charge in [-0.25, -0.2) is 0 Å². The maximum Gasteiger partial charge on any atom is 0.244 e. The number of aryl methyl sites for hydroxylation is 1. The fourth-order valence-electron chi connectivity index (χ4n) is 2.26. The van der Waals surface area contributed by atoms with Crippen LogP contribution in [0.5, 0.6) is 0 Å². The Kier molecular flexibility index (Phi) is 3.11. The maximum atomic E-state index is 5.37. The molecule has 1 aliphatic rings. The largest absolute Gasteiger partial charge is 0.337 e. The molecule has 0 amide bonds. The molecule has 0 spiro atoms. The van der Waals surface area contributed by atoms with Gasteiger partial charge < -0.3 is 9.84 Å². The third kappa shape index (κ3) is 2.29. The summed E-state index contributed by atoms with van der Waals surface area (Å²) in [7, 11) is 0. The summed E-state index contributed by atoms with van der Waals surface area (Å²) in [4.78, 5) is 4.49. The molecule has 1 aliphatic heterocycles. The topological polar surface area (TPSA) is 51.0 Å². The minimum Gasteiger partial charge on any atom is -0.337 e. The van der Waals surface area contributed by atoms with E-state index in [4.69, 9.17) is 4.52 Å². The zero-order chi connectivity index (χ0) is 12.4. The average Bonchev–Trinajstić information content (AvgIpc) is 2.90. The molecule has 1 atom stereocenters. The van der Waals surface area contributed by atoms with Crippen molar-refractivity contribution in [3.63, 3.8) is 0 Å². The van der Waals surface area contributed by atoms with Crippen LogP contribution in [0.15, 0.2) is 28.8 Å². The summed E-state index contributed by atoms with van der Waals surface area (Å²) < 4.78 is 5.37. The van der Waals surface area contributed by atoms with Gasteiger partial charge in [-0.3, -0.25) is 0 Å². The molecule has 1 aromatic carbocycles. The highest BCUT2D eigenvalue weighted by Gasteiger charge is 2.21. The van der Waals surface area contributed by atoms with Crippen LogP contribution >= 0.6 is 0 Å². The highest BCUT2D eigenvalue weighted by Crippen LogP contribution is 2.24. The third-order valence-corrected chi connectivity index (χ3v) is 3.36. The second-order valence-electron chi connectivity index (χ2n) is 4.82. The molecule has 0 bridgehead atoms. The van der Waals surface area contributed by atoms with Crippen molar-refractivity contribution in [2.45, 2.75) is 32.2 Å². The summed E-state index contributed by atoms with van der Waals surface area (Å²) in [5.74, 6) is 1.39. The quantitative estimate of drug-likeness (QED) is 0.881. The van der Waals surface area contributed by atoms with Crippen molar-refractivity contribution < 1.29 is 4.52 Å². The van der Waals surface area contributed by atoms with Crippen LogP contribution in [0.3, 0.4) is 0 Å². The van der Waals surface area contributed by atoms with E-state index < -0.39 is 0 Å². The smallest absolute Gasteiger partial charge is 0.244 e. The van der Waals surface area contributed by atoms with E-state index in [-0.39, 0.29) is 6.04 Å². The fraction of sp³-hybridized carbons (Fsp3) is 0.429. The number of piperidine rings is 1. The molecule has 4 nitrogen and oxygen atoms in total. The summed E-state index contributed by atoms with van der Waals surface area (Å²) in [5.41, 5.74) is 2.24. The highest BCUT2D eigenvalue weighted by atomic mass is 16.5. The zero-order valence-electron chi connectivity index (χ0n) is 10.5. The Morgan fingerprint density at radius 1 is 1.22 bits per heavy atom. The fourth-order valence-corrected chi connectivity index (χ4v) is 2.26. The summed E-state index contributed by atoms with van der Waals surface area (Å²) in [6.45, 7) is 3.10. The number of benzene rings is 1. The molecule has 0 unspecified atom stereocenters. The second kappa shape index (κ2) is 4.90. The van der Waals surface area contributed by atoms with E-state index >= 15 is 0 Å². The first-order valence-corrected chi connectivity index (χ1v) is 6.47. The number of rotatable bonds is 2. The molecule has 18 heavy (non-hydrogen) atoms. The Balaban J connectivity index is 1.82. The van der Waals surface area contributed by atoms with Gasteiger partial charge in [-0.05, 0) is 26.3 Å². The van der Waals surface area contributed by atoms with Crippen molar-refractivity contribution >= 4 is 0 Å². The lowest BCUT2D eigenvalue weighted by Gasteiger charge is -2.19. The molecular formula is C14H17N3O. The molecule has 94 valence electrons. The minimum absolute atomic E-state index is 0.227. The van der Waals surface area contributed by atoms with Crippen LogP contribution in [0, 0.1) is 6.92 Å². The standard InChI is InChI=1S/C14H17N3O/c1-10-5-7-11(8-6-10)13-16-14(18-17-13)12-4-2-3-9-15-12/h5-8,12,15H,2-4,9H2,1H3/t12-/m1/s1. The van der Waals surface area contributed by atoms with E-state index in [0.29, 0.717) is 11.7 Å². The Hall–Kier alpha value is -1.68. The van der Waals surface area contributed by atoms with Crippen molar-refractivity contribution in [2.24, 2.45) is 0 Å². The van der Waals surface area contributed by atoms with Crippen LogP contribution < -0.4 is 5.32 Å². The van der Waals surface area contributed by atoms with Crippen LogP contribution in [0.2, 0.25) is 0 Å². The Bertz CT molecular complexity index is 512. The van der Waals surface area contributed by atoms with E-state index in [0.717, 1.165) is 18.5 Å². The van der Waals surface area contributed by atoms with Crippen molar-refractivity contribution in [3.05, 3.63) is 35.7 Å². The van der Waals surface area contributed by atoms with Gasteiger partial charge in [0.2, 0.25) is 11.7 Å². The lowest BCUT2D eigenvalue weighted by atomic mass is 10.1. The van der Waals surface area contributed by atoms with Crippen LogP contribution in [-0.2, 0) is 0 Å². The van der Waals surface area contributed by atoms with Gasteiger partial charge in [-0.1, -0.05) is 41.4 Å². The number of aromatic nitrogens is 2. The number of nitrogens with zero attached hydrogens (tertiary/aromatic N) is 2. The number of nitrogens with one attached hydrogen (secondary N) is 1. The molecule has 0 aliphatic carbocycles. The summed E-state index contributed by atoms with van der Waals surface area (Å²) >= 11 is 0. The average molecular weight is 243 g/mol. The van der Waals surface area contributed by atoms with Gasteiger partial charge in [0, 0.05) is 5.56 Å². The normalized spacial score (nSPS) is 19.9. The van der Waals surface area contributed by atoms with Gasteiger partial charge in [-0.2, -0.15) is 4.98 Å². The zero-order valence-corrected chi connectivity index (χ0v) is 10.5. The van der Waals surface area contributed by atoms with Gasteiger partial charge in [0.15, 0.2) is 0 Å². The molecular weight excluding hydrogens is 226 g/mol. The molecule has 1 saturated heterocycles. The van der Waals surface area contributed by atoms with Crippen LogP contribution in [0.1, 0.15) is 36.8 Å². The predicted octanol–water partition coefficient (Wildman–Crippen LogP) is 2.86. The predicted molar refractivity (Wildman–Crippen MR) is 69.1 cm³/mol. The van der Waals surface area contributed by atoms with E-state index in [1.54, 1.807) is 0 Å². The third-order valence-electron chi connectivity index (χ3n) is 3.36. The Labute approximate surface area is 106 Å². The number of hydrogen-bond donors (Lipinski definition) is 1. The first-order valence-electron chi connectivity index (χ1n) is 6.47. The van der Waals surface area contributed by atoms with Crippen LogP contribution in [-0.4, -0.2) is 16.7 Å². The van der Waals surface area contributed by atoms with Gasteiger partial charge >= 0.3 is 0 Å². The summed E-state index contributed by atoms with van der Waals surface area (Å²) in [5, 5.41) is 7.48. The SMILES string of the molecule is Cc1ccc(-c2noc([C@H]3CCCCN3)n2)cc1. The van der Waals surface area contributed by atoms with Crippen molar-refractivity contribution in [1.82, 2.24) is 15.5 Å². The molecule has 0 radical (unpaired) electrons. The van der Waals surface area contributed by atoms with Gasteiger partial charge in [0.25, 0.3) is 0 Å². The van der Waals surface area contributed by atoms with Crippen LogP contribution in [0.25, 0.3) is 11.4 Å². The van der Waals surface area contributed by atoms with E-state index in [9.17, 15) is 0 Å². The summed E-state index contributed by atoms with van der Waals surface area (Å²) in [6, 6.07) is 8.40. The van der Waals surface area contributed by atoms with Gasteiger partial charge in [0.05, 0.1) is 6.04 Å². The molecule has 0 saturated carbocycles. The van der Waals surface area contributed by atoms with Crippen molar-refractivity contribution in [1.29, 1.82) is 0 Å². The monoisotopic (exact) mass is 243 g/mol. The molecule has 2 aromatic rings. The van der Waals surface area contributed by atoms with Gasteiger partial charge in [0.1, 0.15) is 0 Å². The van der Waals surface area contributed by atoms with Gasteiger partial charge in [-0.15, -0.1) is 0 Å². The minimum atomic E-state index is 0.227. The molecule has 1 fully saturated rings. The van der Waals surface area contributed by atoms with Crippen LogP contribution in [0.4, 0.5) is 0 Å². The van der Waals surface area contributed by atoms with E-state index in [1.807, 2.05) is 12.1 Å². The van der Waals surface area contributed by atoms with Crippen molar-refractivity contribution in [2.75, 3.05) is 6.54 Å². The first kappa shape index (κ1) is 11.4. The molecule has 3 rings (SSSR count). The molecule has 1 N–H and O–H groups in total. The lowest BCUT2D eigenvalue weighted by molar-refractivity contribution is 0.297. The highest BCUT2D eigenvalue weighted by molar-refractivity contribution is 5.54. The Morgan fingerprint density at radius 2 is 2.06 bits per heavy atom. The van der Waals surface area contributed by atoms with Crippen molar-refractivity contribution in [3.8, 4) is 11.4 Å². The Morgan fingerprint density at radius 3 is 2.78 bits per heavy atom. The van der Waals surface area contributed by atoms with E-state index in [2.05, 4.69) is 34.5 Å². The summed E-state index contributed by atoms with van der Waals surface area (Å²) in [6.07, 6.45) is 3.53. The maximum absolute atomic E-state index is 5.37.